The Kier molecular flexibility index (Phi) is 54.7. The number of amides is 1. The second kappa shape index (κ2) is 56.4. The molecule has 3 atom stereocenters. The number of phosphoric ester groups is 1. The van der Waals surface area contributed by atoms with Gasteiger partial charge in [-0.15, -0.1) is 0 Å². The van der Waals surface area contributed by atoms with Crippen LogP contribution in [0.3, 0.4) is 0 Å². The van der Waals surface area contributed by atoms with Crippen LogP contribution in [0.1, 0.15) is 277 Å². The number of allylic oxidation sites excluding steroid dienone is 13. The lowest BCUT2D eigenvalue weighted by molar-refractivity contribution is -0.870. The Bertz CT molecular complexity index is 1500. The molecule has 9 heteroatoms. The van der Waals surface area contributed by atoms with Crippen LogP contribution in [0.5, 0.6) is 0 Å². The Morgan fingerprint density at radius 2 is 0.827 bits per heavy atom. The third-order valence-corrected chi connectivity index (χ3v) is 14.8. The van der Waals surface area contributed by atoms with E-state index in [-0.39, 0.29) is 12.5 Å². The van der Waals surface area contributed by atoms with Crippen molar-refractivity contribution in [1.82, 2.24) is 5.32 Å². The maximum atomic E-state index is 13.0. The number of carbonyl (C=O) groups is 1. The van der Waals surface area contributed by atoms with Gasteiger partial charge in [0, 0.05) is 6.42 Å². The first-order chi connectivity index (χ1) is 36.5. The molecule has 3 unspecified atom stereocenters. The van der Waals surface area contributed by atoms with Crippen molar-refractivity contribution in [3.8, 4) is 0 Å². The zero-order valence-corrected chi connectivity index (χ0v) is 50.6. The second-order valence-electron chi connectivity index (χ2n) is 22.4. The fraction of sp³-hybridized carbons (Fsp3) is 0.773. The van der Waals surface area contributed by atoms with Crippen LogP contribution in [-0.2, 0) is 18.4 Å². The van der Waals surface area contributed by atoms with Crippen molar-refractivity contribution in [2.24, 2.45) is 0 Å². The first kappa shape index (κ1) is 72.7. The number of unbranched alkanes of at least 4 members (excludes halogenated alkanes) is 32. The van der Waals surface area contributed by atoms with Crippen molar-refractivity contribution in [1.29, 1.82) is 0 Å². The van der Waals surface area contributed by atoms with Crippen molar-refractivity contribution in [2.45, 2.75) is 289 Å². The molecule has 0 heterocycles. The van der Waals surface area contributed by atoms with Gasteiger partial charge in [0.2, 0.25) is 5.91 Å². The van der Waals surface area contributed by atoms with Crippen LogP contribution in [0.15, 0.2) is 85.1 Å². The molecule has 436 valence electrons. The van der Waals surface area contributed by atoms with Crippen molar-refractivity contribution >= 4 is 13.7 Å². The number of nitrogens with zero attached hydrogens (tertiary/aromatic N) is 1. The van der Waals surface area contributed by atoms with E-state index in [9.17, 15) is 19.4 Å². The molecule has 0 fully saturated rings. The van der Waals surface area contributed by atoms with Crippen LogP contribution in [0.25, 0.3) is 0 Å². The van der Waals surface area contributed by atoms with Crippen molar-refractivity contribution < 1.29 is 32.9 Å². The Balaban J connectivity index is 4.22. The maximum Gasteiger partial charge on any atom is 0.268 e. The quantitative estimate of drug-likeness (QED) is 0.0272. The molecule has 0 aliphatic heterocycles. The number of hydrogen-bond acceptors (Lipinski definition) is 6. The summed E-state index contributed by atoms with van der Waals surface area (Å²) >= 11 is 0. The lowest BCUT2D eigenvalue weighted by Gasteiger charge is -2.29. The van der Waals surface area contributed by atoms with E-state index in [4.69, 9.17) is 9.05 Å². The van der Waals surface area contributed by atoms with Crippen LogP contribution in [-0.4, -0.2) is 68.5 Å². The fourth-order valence-electron chi connectivity index (χ4n) is 8.94. The van der Waals surface area contributed by atoms with E-state index in [2.05, 4.69) is 92.1 Å². The molecule has 0 saturated carbocycles. The molecule has 2 N–H and O–H groups in total. The lowest BCUT2D eigenvalue weighted by atomic mass is 10.0. The van der Waals surface area contributed by atoms with Gasteiger partial charge in [-0.2, -0.15) is 0 Å². The lowest BCUT2D eigenvalue weighted by Crippen LogP contribution is -2.45. The van der Waals surface area contributed by atoms with E-state index in [1.807, 2.05) is 27.2 Å². The van der Waals surface area contributed by atoms with Crippen molar-refractivity contribution in [2.75, 3.05) is 40.9 Å². The zero-order valence-electron chi connectivity index (χ0n) is 49.7. The molecule has 0 radical (unpaired) electrons. The highest BCUT2D eigenvalue weighted by Crippen LogP contribution is 2.38. The summed E-state index contributed by atoms with van der Waals surface area (Å²) < 4.78 is 23.4. The predicted molar refractivity (Wildman–Crippen MR) is 325 cm³/mol. The minimum atomic E-state index is -4.62. The molecule has 0 bridgehead atoms. The number of nitrogens with one attached hydrogen (secondary N) is 1. The molecule has 0 aromatic rings. The third kappa shape index (κ3) is 59.2. The Labute approximate surface area is 465 Å². The van der Waals surface area contributed by atoms with E-state index in [1.165, 1.54) is 186 Å². The highest BCUT2D eigenvalue weighted by atomic mass is 31.2. The summed E-state index contributed by atoms with van der Waals surface area (Å²) in [5.41, 5.74) is 0. The number of phosphoric acid groups is 1. The number of aliphatic hydroxyl groups excluding tert-OH is 1. The van der Waals surface area contributed by atoms with Gasteiger partial charge >= 0.3 is 0 Å². The highest BCUT2D eigenvalue weighted by Gasteiger charge is 2.23. The third-order valence-electron chi connectivity index (χ3n) is 13.8. The smallest absolute Gasteiger partial charge is 0.268 e. The molecule has 8 nitrogen and oxygen atoms in total. The first-order valence-corrected chi connectivity index (χ1v) is 32.9. The summed E-state index contributed by atoms with van der Waals surface area (Å²) in [5.74, 6) is -0.212. The molecule has 0 saturated heterocycles. The van der Waals surface area contributed by atoms with Gasteiger partial charge in [0.15, 0.2) is 0 Å². The molecular formula is C66H121N2O6P. The number of likely N-dealkylation sites (N-methyl/N-ethyl adjacent to an activating group) is 1. The number of carbonyl (C=O) groups excluding carboxylic acids is 1. The summed E-state index contributed by atoms with van der Waals surface area (Å²) in [6.45, 7) is 4.53. The standard InChI is InChI=1S/C66H121N2O6P/c1-6-8-10-12-14-16-18-20-22-24-26-28-30-32-34-36-38-40-42-44-46-48-50-52-54-56-58-60-66(70)67-64(63-74-75(71,72)73-62-61-68(3,4)5)65(69)59-57-55-53-51-49-47-45-43-41-39-37-35-33-31-29-27-25-23-21-19-17-15-13-11-9-7-2/h8,10,14,16,20,22,26,28,41,43,49,51,57,59,64-65,69H,6-7,9,11-13,15,17-19,21,23-25,27,29-40,42,44-48,50,52-56,58,60-63H2,1-5H3,(H-,67,70,71,72)/b10-8-,16-14-,22-20-,28-26-,43-41+,51-49+,59-57+. The van der Waals surface area contributed by atoms with Gasteiger partial charge in [-0.05, 0) is 83.5 Å². The monoisotopic (exact) mass is 1070 g/mol. The summed E-state index contributed by atoms with van der Waals surface area (Å²) in [6, 6.07) is -0.916. The predicted octanol–water partition coefficient (Wildman–Crippen LogP) is 19.0. The van der Waals surface area contributed by atoms with E-state index < -0.39 is 26.6 Å². The Morgan fingerprint density at radius 3 is 1.24 bits per heavy atom. The van der Waals surface area contributed by atoms with Crippen LogP contribution < -0.4 is 10.2 Å². The Morgan fingerprint density at radius 1 is 0.480 bits per heavy atom. The molecule has 1 amide bonds. The van der Waals surface area contributed by atoms with E-state index in [0.29, 0.717) is 17.4 Å². The van der Waals surface area contributed by atoms with Crippen molar-refractivity contribution in [3.63, 3.8) is 0 Å². The van der Waals surface area contributed by atoms with Gasteiger partial charge in [0.1, 0.15) is 13.2 Å². The van der Waals surface area contributed by atoms with E-state index in [1.54, 1.807) is 6.08 Å². The van der Waals surface area contributed by atoms with E-state index >= 15 is 0 Å². The van der Waals surface area contributed by atoms with Crippen LogP contribution >= 0.6 is 7.82 Å². The van der Waals surface area contributed by atoms with Gasteiger partial charge < -0.3 is 28.8 Å². The number of rotatable bonds is 57. The molecule has 0 aliphatic carbocycles. The minimum absolute atomic E-state index is 0.0118. The number of quaternary nitrogens is 1. The summed E-state index contributed by atoms with van der Waals surface area (Å²) in [6.07, 6.45) is 79.7. The normalized spacial score (nSPS) is 14.4. The van der Waals surface area contributed by atoms with Crippen LogP contribution in [0.2, 0.25) is 0 Å². The summed E-state index contributed by atoms with van der Waals surface area (Å²) in [5, 5.41) is 13.9. The van der Waals surface area contributed by atoms with Gasteiger partial charge in [-0.25, -0.2) is 0 Å². The molecule has 75 heavy (non-hydrogen) atoms. The second-order valence-corrected chi connectivity index (χ2v) is 23.8. The molecule has 0 aliphatic rings. The van der Waals surface area contributed by atoms with Crippen LogP contribution in [0.4, 0.5) is 0 Å². The number of aliphatic hydroxyl groups is 1. The molecule has 0 rings (SSSR count). The summed E-state index contributed by atoms with van der Waals surface area (Å²) in [7, 11) is 1.23. The average Bonchev–Trinajstić information content (AvgIpc) is 3.37. The highest BCUT2D eigenvalue weighted by molar-refractivity contribution is 7.45. The Hall–Kier alpha value is -2.32. The molecule has 0 aromatic carbocycles. The van der Waals surface area contributed by atoms with Gasteiger partial charge in [-0.1, -0.05) is 272 Å². The molecular weight excluding hydrogens is 948 g/mol. The SMILES string of the molecule is CC/C=C\C/C=C\C/C=C\C/C=C\CCCCCCCCCCCCCCCCC(=O)NC(COP(=O)([O-])OCC[N+](C)(C)C)C(O)/C=C/CC/C=C/CC/C=C/CCCCCCCCCCCCCCCCCC. The number of hydrogen-bond donors (Lipinski definition) is 2. The van der Waals surface area contributed by atoms with Gasteiger partial charge in [0.25, 0.3) is 7.82 Å². The summed E-state index contributed by atoms with van der Waals surface area (Å²) in [4.78, 5) is 25.6. The topological polar surface area (TPSA) is 108 Å². The average molecular weight is 1070 g/mol. The van der Waals surface area contributed by atoms with Crippen molar-refractivity contribution in [3.05, 3.63) is 85.1 Å². The van der Waals surface area contributed by atoms with Gasteiger partial charge in [-0.3, -0.25) is 9.36 Å². The van der Waals surface area contributed by atoms with E-state index in [0.717, 1.165) is 70.6 Å². The zero-order chi connectivity index (χ0) is 54.9. The maximum absolute atomic E-state index is 13.0. The van der Waals surface area contributed by atoms with Crippen LogP contribution in [0, 0.1) is 0 Å². The van der Waals surface area contributed by atoms with Gasteiger partial charge in [0.05, 0.1) is 39.9 Å². The first-order valence-electron chi connectivity index (χ1n) is 31.4. The minimum Gasteiger partial charge on any atom is -0.756 e. The largest absolute Gasteiger partial charge is 0.756 e. The molecule has 0 spiro atoms. The molecule has 0 aromatic heterocycles. The fourth-order valence-corrected chi connectivity index (χ4v) is 9.67.